The summed E-state index contributed by atoms with van der Waals surface area (Å²) in [5.74, 6) is -1.46. The van der Waals surface area contributed by atoms with E-state index in [1.807, 2.05) is 51.1 Å². The second-order valence-corrected chi connectivity index (χ2v) is 14.1. The molecule has 1 atom stereocenters. The quantitative estimate of drug-likeness (QED) is 0.200. The molecule has 2 amide bonds. The molecule has 1 N–H and O–H groups in total. The van der Waals surface area contributed by atoms with Crippen LogP contribution in [-0.4, -0.2) is 43.3 Å². The van der Waals surface area contributed by atoms with E-state index in [2.05, 4.69) is 5.32 Å². The van der Waals surface area contributed by atoms with E-state index >= 15 is 0 Å². The smallest absolute Gasteiger partial charge is 0.264 e. The lowest BCUT2D eigenvalue weighted by Crippen LogP contribution is -2.56. The summed E-state index contributed by atoms with van der Waals surface area (Å²) >= 11 is 6.20. The van der Waals surface area contributed by atoms with E-state index in [0.717, 1.165) is 9.87 Å². The lowest BCUT2D eigenvalue weighted by molar-refractivity contribution is -0.140. The number of benzene rings is 4. The highest BCUT2D eigenvalue weighted by Gasteiger charge is 2.36. The molecule has 0 aliphatic heterocycles. The van der Waals surface area contributed by atoms with E-state index in [4.69, 9.17) is 11.6 Å². The van der Waals surface area contributed by atoms with Gasteiger partial charge in [0.05, 0.1) is 10.6 Å². The molecule has 236 valence electrons. The second-order valence-electron chi connectivity index (χ2n) is 11.8. The predicted octanol–water partition coefficient (Wildman–Crippen LogP) is 6.54. The zero-order valence-electron chi connectivity index (χ0n) is 25.7. The molecule has 45 heavy (non-hydrogen) atoms. The SMILES string of the molecule is Cc1cc(Cl)ccc1N(CC(=O)N(Cc1ccc(F)cc1)[C@H](Cc1ccccc1)C(=O)NC(C)(C)C)S(=O)(=O)c1ccccc1. The number of carbonyl (C=O) groups is 2. The minimum atomic E-state index is -4.24. The van der Waals surface area contributed by atoms with Crippen molar-refractivity contribution in [2.75, 3.05) is 10.8 Å². The number of halogens is 2. The minimum Gasteiger partial charge on any atom is -0.350 e. The summed E-state index contributed by atoms with van der Waals surface area (Å²) in [6.07, 6.45) is 0.168. The maximum atomic E-state index is 14.5. The number of nitrogens with one attached hydrogen (secondary N) is 1. The van der Waals surface area contributed by atoms with Crippen LogP contribution in [0.5, 0.6) is 0 Å². The Kier molecular flexibility index (Phi) is 10.7. The number of hydrogen-bond acceptors (Lipinski definition) is 4. The third-order valence-electron chi connectivity index (χ3n) is 7.07. The number of anilines is 1. The van der Waals surface area contributed by atoms with Crippen LogP contribution in [0.3, 0.4) is 0 Å². The minimum absolute atomic E-state index is 0.00328. The summed E-state index contributed by atoms with van der Waals surface area (Å²) in [4.78, 5) is 29.8. The van der Waals surface area contributed by atoms with E-state index in [1.54, 1.807) is 55.5 Å². The van der Waals surface area contributed by atoms with Crippen molar-refractivity contribution in [2.24, 2.45) is 0 Å². The van der Waals surface area contributed by atoms with Gasteiger partial charge in [0.2, 0.25) is 11.8 Å². The van der Waals surface area contributed by atoms with Crippen LogP contribution in [0.25, 0.3) is 0 Å². The number of nitrogens with zero attached hydrogens (tertiary/aromatic N) is 2. The Balaban J connectivity index is 1.83. The first-order valence-electron chi connectivity index (χ1n) is 14.5. The largest absolute Gasteiger partial charge is 0.350 e. The number of hydrogen-bond donors (Lipinski definition) is 1. The van der Waals surface area contributed by atoms with Crippen LogP contribution in [-0.2, 0) is 32.6 Å². The van der Waals surface area contributed by atoms with Gasteiger partial charge in [-0.15, -0.1) is 0 Å². The average molecular weight is 650 g/mol. The average Bonchev–Trinajstić information content (AvgIpc) is 2.99. The molecule has 4 aromatic rings. The predicted molar refractivity (Wildman–Crippen MR) is 176 cm³/mol. The monoisotopic (exact) mass is 649 g/mol. The van der Waals surface area contributed by atoms with E-state index in [1.165, 1.54) is 29.2 Å². The van der Waals surface area contributed by atoms with Gasteiger partial charge in [-0.2, -0.15) is 0 Å². The highest BCUT2D eigenvalue weighted by atomic mass is 35.5. The van der Waals surface area contributed by atoms with E-state index < -0.39 is 45.8 Å². The third kappa shape index (κ3) is 8.93. The summed E-state index contributed by atoms with van der Waals surface area (Å²) in [5.41, 5.74) is 1.60. The second kappa shape index (κ2) is 14.3. The van der Waals surface area contributed by atoms with Gasteiger partial charge in [0, 0.05) is 23.5 Å². The highest BCUT2D eigenvalue weighted by molar-refractivity contribution is 7.92. The molecular weight excluding hydrogens is 613 g/mol. The molecule has 0 aliphatic carbocycles. The molecular formula is C35H37ClFN3O4S. The third-order valence-corrected chi connectivity index (χ3v) is 9.08. The van der Waals surface area contributed by atoms with Gasteiger partial charge in [0.25, 0.3) is 10.0 Å². The Morgan fingerprint density at radius 2 is 1.47 bits per heavy atom. The molecule has 10 heteroatoms. The molecule has 0 bridgehead atoms. The van der Waals surface area contributed by atoms with Gasteiger partial charge < -0.3 is 10.2 Å². The Bertz CT molecular complexity index is 1730. The number of carbonyl (C=O) groups excluding carboxylic acids is 2. The molecule has 0 heterocycles. The van der Waals surface area contributed by atoms with E-state index in [9.17, 15) is 22.4 Å². The summed E-state index contributed by atoms with van der Waals surface area (Å²) in [7, 11) is -4.24. The molecule has 7 nitrogen and oxygen atoms in total. The van der Waals surface area contributed by atoms with Crippen LogP contribution in [0.15, 0.2) is 108 Å². The van der Waals surface area contributed by atoms with Crippen molar-refractivity contribution in [1.82, 2.24) is 10.2 Å². The van der Waals surface area contributed by atoms with E-state index in [-0.39, 0.29) is 23.5 Å². The molecule has 0 saturated heterocycles. The number of aryl methyl sites for hydroxylation is 1. The van der Waals surface area contributed by atoms with Crippen LogP contribution in [0.1, 0.15) is 37.5 Å². The van der Waals surface area contributed by atoms with Crippen molar-refractivity contribution in [3.63, 3.8) is 0 Å². The first kappa shape index (κ1) is 33.7. The van der Waals surface area contributed by atoms with Crippen LogP contribution < -0.4 is 9.62 Å². The molecule has 0 radical (unpaired) electrons. The number of amides is 2. The molecule has 0 spiro atoms. The standard InChI is InChI=1S/C35H37ClFN3O4S/c1-25-21-28(36)17-20-31(25)40(45(43,44)30-13-9-6-10-14-30)24-33(41)39(23-27-15-18-29(37)19-16-27)32(34(42)38-35(2,3)4)22-26-11-7-5-8-12-26/h5-21,32H,22-24H2,1-4H3,(H,38,42)/t32-/m1/s1. The highest BCUT2D eigenvalue weighted by Crippen LogP contribution is 2.29. The fourth-order valence-electron chi connectivity index (χ4n) is 4.93. The van der Waals surface area contributed by atoms with Gasteiger partial charge in [-0.25, -0.2) is 12.8 Å². The van der Waals surface area contributed by atoms with Gasteiger partial charge in [-0.3, -0.25) is 13.9 Å². The fourth-order valence-corrected chi connectivity index (χ4v) is 6.65. The first-order valence-corrected chi connectivity index (χ1v) is 16.3. The molecule has 0 aromatic heterocycles. The Morgan fingerprint density at radius 3 is 2.04 bits per heavy atom. The van der Waals surface area contributed by atoms with Crippen LogP contribution >= 0.6 is 11.6 Å². The van der Waals surface area contributed by atoms with E-state index in [0.29, 0.717) is 16.1 Å². The van der Waals surface area contributed by atoms with Crippen LogP contribution in [0.2, 0.25) is 5.02 Å². The topological polar surface area (TPSA) is 86.8 Å². The fraction of sp³-hybridized carbons (Fsp3) is 0.257. The van der Waals surface area contributed by atoms with Gasteiger partial charge in [0.1, 0.15) is 18.4 Å². The zero-order valence-corrected chi connectivity index (χ0v) is 27.3. The van der Waals surface area contributed by atoms with Crippen LogP contribution in [0, 0.1) is 12.7 Å². The summed E-state index contributed by atoms with van der Waals surface area (Å²) in [6, 6.07) is 26.5. The number of rotatable bonds is 11. The zero-order chi connectivity index (χ0) is 32.8. The number of sulfonamides is 1. The van der Waals surface area contributed by atoms with Gasteiger partial charge in [-0.1, -0.05) is 72.3 Å². The molecule has 0 saturated carbocycles. The van der Waals surface area contributed by atoms with Gasteiger partial charge >= 0.3 is 0 Å². The van der Waals surface area contributed by atoms with Crippen molar-refractivity contribution in [3.05, 3.63) is 131 Å². The van der Waals surface area contributed by atoms with Crippen molar-refractivity contribution in [2.45, 2.75) is 57.1 Å². The maximum absolute atomic E-state index is 14.5. The lowest BCUT2D eigenvalue weighted by Gasteiger charge is -2.35. The van der Waals surface area contributed by atoms with Gasteiger partial charge in [0.15, 0.2) is 0 Å². The Morgan fingerprint density at radius 1 is 0.867 bits per heavy atom. The molecule has 4 aromatic carbocycles. The summed E-state index contributed by atoms with van der Waals surface area (Å²) < 4.78 is 43.1. The molecule has 4 rings (SSSR count). The van der Waals surface area contributed by atoms with Gasteiger partial charge in [-0.05, 0) is 86.8 Å². The summed E-state index contributed by atoms with van der Waals surface area (Å²) in [6.45, 7) is 6.57. The first-order chi connectivity index (χ1) is 21.2. The van der Waals surface area contributed by atoms with Crippen molar-refractivity contribution < 1.29 is 22.4 Å². The van der Waals surface area contributed by atoms with Crippen molar-refractivity contribution in [1.29, 1.82) is 0 Å². The lowest BCUT2D eigenvalue weighted by atomic mass is 10.0. The van der Waals surface area contributed by atoms with Crippen molar-refractivity contribution in [3.8, 4) is 0 Å². The Hall–Kier alpha value is -4.21. The molecule has 0 fully saturated rings. The van der Waals surface area contributed by atoms with Crippen molar-refractivity contribution >= 4 is 39.1 Å². The molecule has 0 unspecified atom stereocenters. The Labute approximate surface area is 269 Å². The molecule has 0 aliphatic rings. The summed E-state index contributed by atoms with van der Waals surface area (Å²) in [5, 5.41) is 3.40. The van der Waals surface area contributed by atoms with Crippen LogP contribution in [0.4, 0.5) is 10.1 Å². The normalized spacial score (nSPS) is 12.3. The maximum Gasteiger partial charge on any atom is 0.264 e.